The van der Waals surface area contributed by atoms with Crippen LogP contribution in [0.25, 0.3) is 5.57 Å². The summed E-state index contributed by atoms with van der Waals surface area (Å²) in [5.74, 6) is 1.21. The number of benzene rings is 2. The zero-order chi connectivity index (χ0) is 20.3. The van der Waals surface area contributed by atoms with Crippen molar-refractivity contribution in [1.29, 1.82) is 0 Å². The Morgan fingerprint density at radius 1 is 0.733 bits per heavy atom. The maximum Gasteiger partial charge on any atom is 0.332 e. The van der Waals surface area contributed by atoms with Gasteiger partial charge in [0.1, 0.15) is 5.41 Å². The molecule has 5 aliphatic rings. The van der Waals surface area contributed by atoms with Crippen LogP contribution in [0.3, 0.4) is 0 Å². The lowest BCUT2D eigenvalue weighted by Crippen LogP contribution is -2.51. The number of rotatable bonds is 4. The van der Waals surface area contributed by atoms with Crippen LogP contribution in [0.15, 0.2) is 66.7 Å². The van der Waals surface area contributed by atoms with Crippen LogP contribution in [0, 0.1) is 23.2 Å². The van der Waals surface area contributed by atoms with Crippen molar-refractivity contribution < 1.29 is 14.3 Å². The molecule has 152 valence electrons. The molecular formula is C27H26O3. The maximum atomic E-state index is 13.5. The summed E-state index contributed by atoms with van der Waals surface area (Å²) in [5, 5.41) is 0. The molecule has 2 aromatic rings. The molecule has 5 aliphatic carbocycles. The third kappa shape index (κ3) is 2.64. The Morgan fingerprint density at radius 3 is 1.83 bits per heavy atom. The van der Waals surface area contributed by atoms with E-state index in [9.17, 15) is 9.59 Å². The second kappa shape index (κ2) is 6.41. The molecule has 4 saturated carbocycles. The number of hydrogen-bond donors (Lipinski definition) is 0. The predicted octanol–water partition coefficient (Wildman–Crippen LogP) is 5.31. The minimum absolute atomic E-state index is 0.269. The summed E-state index contributed by atoms with van der Waals surface area (Å²) >= 11 is 0. The van der Waals surface area contributed by atoms with E-state index in [0.717, 1.165) is 36.0 Å². The van der Waals surface area contributed by atoms with E-state index >= 15 is 0 Å². The van der Waals surface area contributed by atoms with Crippen LogP contribution in [-0.4, -0.2) is 11.9 Å². The summed E-state index contributed by atoms with van der Waals surface area (Å²) < 4.78 is 5.74. The van der Waals surface area contributed by atoms with Gasteiger partial charge in [-0.1, -0.05) is 66.7 Å². The molecule has 3 heteroatoms. The Morgan fingerprint density at radius 2 is 1.27 bits per heavy atom. The zero-order valence-electron chi connectivity index (χ0n) is 17.1. The van der Waals surface area contributed by atoms with Crippen LogP contribution < -0.4 is 0 Å². The van der Waals surface area contributed by atoms with E-state index in [0.29, 0.717) is 17.8 Å². The lowest BCUT2D eigenvalue weighted by Gasteiger charge is -2.55. The van der Waals surface area contributed by atoms with Gasteiger partial charge in [-0.3, -0.25) is 4.79 Å². The number of carbonyl (C=O) groups is 2. The van der Waals surface area contributed by atoms with Gasteiger partial charge in [-0.15, -0.1) is 0 Å². The van der Waals surface area contributed by atoms with E-state index in [4.69, 9.17) is 4.74 Å². The molecule has 0 aromatic heterocycles. The molecule has 4 bridgehead atoms. The van der Waals surface area contributed by atoms with E-state index in [1.807, 2.05) is 66.7 Å². The van der Waals surface area contributed by atoms with E-state index in [-0.39, 0.29) is 5.97 Å². The molecule has 0 aliphatic heterocycles. The summed E-state index contributed by atoms with van der Waals surface area (Å²) in [4.78, 5) is 26.9. The first-order valence-corrected chi connectivity index (χ1v) is 11.2. The second-order valence-corrected chi connectivity index (χ2v) is 9.97. The zero-order valence-corrected chi connectivity index (χ0v) is 17.1. The summed E-state index contributed by atoms with van der Waals surface area (Å²) in [6.07, 6.45) is 8.44. The van der Waals surface area contributed by atoms with E-state index in [1.165, 1.54) is 19.3 Å². The number of hydrogen-bond acceptors (Lipinski definition) is 3. The van der Waals surface area contributed by atoms with Crippen LogP contribution in [0.5, 0.6) is 0 Å². The van der Waals surface area contributed by atoms with Crippen LogP contribution >= 0.6 is 0 Å². The Balaban J connectivity index is 1.29. The van der Waals surface area contributed by atoms with Crippen molar-refractivity contribution >= 4 is 17.5 Å². The Labute approximate surface area is 177 Å². The van der Waals surface area contributed by atoms with Crippen molar-refractivity contribution in [3.8, 4) is 0 Å². The van der Waals surface area contributed by atoms with Gasteiger partial charge in [0.15, 0.2) is 0 Å². The van der Waals surface area contributed by atoms with Gasteiger partial charge in [-0.05, 0) is 73.0 Å². The average molecular weight is 399 g/mol. The minimum Gasteiger partial charge on any atom is -0.392 e. The van der Waals surface area contributed by atoms with Gasteiger partial charge in [0, 0.05) is 0 Å². The molecule has 30 heavy (non-hydrogen) atoms. The monoisotopic (exact) mass is 398 g/mol. The largest absolute Gasteiger partial charge is 0.392 e. The normalized spacial score (nSPS) is 35.6. The molecule has 1 atom stereocenters. The second-order valence-electron chi connectivity index (χ2n) is 9.97. The van der Waals surface area contributed by atoms with Crippen LogP contribution in [-0.2, 0) is 19.7 Å². The molecule has 3 nitrogen and oxygen atoms in total. The highest BCUT2D eigenvalue weighted by atomic mass is 16.6. The van der Waals surface area contributed by atoms with Gasteiger partial charge in [0.05, 0.1) is 5.41 Å². The van der Waals surface area contributed by atoms with Crippen molar-refractivity contribution in [2.45, 2.75) is 43.9 Å². The van der Waals surface area contributed by atoms with Crippen molar-refractivity contribution in [1.82, 2.24) is 0 Å². The molecule has 7 rings (SSSR count). The highest BCUT2D eigenvalue weighted by molar-refractivity contribution is 6.14. The predicted molar refractivity (Wildman–Crippen MR) is 114 cm³/mol. The summed E-state index contributed by atoms with van der Waals surface area (Å²) in [6.45, 7) is 0. The standard InChI is InChI=1S/C27H26O3/c28-24(26-14-18-11-19(15-26)13-20(12-18)16-26)30-25(29)27(22-9-5-2-6-10-22)17-23(27)21-7-3-1-4-8-21/h1-10,17-20H,11-16H2/t18?,19?,20?,26?,27-/m1/s1. The smallest absolute Gasteiger partial charge is 0.332 e. The highest BCUT2D eigenvalue weighted by Crippen LogP contribution is 2.61. The van der Waals surface area contributed by atoms with E-state index < -0.39 is 16.8 Å². The molecule has 2 aromatic carbocycles. The maximum absolute atomic E-state index is 13.5. The van der Waals surface area contributed by atoms with E-state index in [2.05, 4.69) is 0 Å². The van der Waals surface area contributed by atoms with Crippen LogP contribution in [0.4, 0.5) is 0 Å². The van der Waals surface area contributed by atoms with Gasteiger partial charge >= 0.3 is 11.9 Å². The average Bonchev–Trinajstić information content (AvgIpc) is 3.51. The van der Waals surface area contributed by atoms with Gasteiger partial charge in [0.25, 0.3) is 0 Å². The van der Waals surface area contributed by atoms with Gasteiger partial charge in [-0.2, -0.15) is 0 Å². The molecule has 0 spiro atoms. The Bertz CT molecular complexity index is 1000. The van der Waals surface area contributed by atoms with Crippen molar-refractivity contribution in [2.24, 2.45) is 23.2 Å². The van der Waals surface area contributed by atoms with Crippen molar-refractivity contribution in [3.63, 3.8) is 0 Å². The first kappa shape index (κ1) is 18.1. The number of carbonyl (C=O) groups excluding carboxylic acids is 2. The minimum atomic E-state index is -0.944. The SMILES string of the molecule is O=C(OC(=O)[C@@]1(c2ccccc2)C=C1c1ccccc1)C12CC3CC(CC(C3)C1)C2. The molecule has 0 N–H and O–H groups in total. The lowest BCUT2D eigenvalue weighted by atomic mass is 9.49. The topological polar surface area (TPSA) is 43.4 Å². The first-order valence-electron chi connectivity index (χ1n) is 11.2. The molecule has 4 fully saturated rings. The quantitative estimate of drug-likeness (QED) is 0.518. The fourth-order valence-electron chi connectivity index (χ4n) is 6.97. The fourth-order valence-corrected chi connectivity index (χ4v) is 6.97. The van der Waals surface area contributed by atoms with Crippen LogP contribution in [0.1, 0.15) is 49.7 Å². The highest BCUT2D eigenvalue weighted by Gasteiger charge is 2.59. The van der Waals surface area contributed by atoms with Gasteiger partial charge in [0.2, 0.25) is 0 Å². The number of ether oxygens (including phenoxy) is 1. The van der Waals surface area contributed by atoms with E-state index in [1.54, 1.807) is 0 Å². The van der Waals surface area contributed by atoms with Crippen LogP contribution in [0.2, 0.25) is 0 Å². The molecule has 0 saturated heterocycles. The number of esters is 2. The fraction of sp³-hybridized carbons (Fsp3) is 0.407. The Hall–Kier alpha value is -2.68. The third-order valence-corrected chi connectivity index (χ3v) is 7.99. The summed E-state index contributed by atoms with van der Waals surface area (Å²) in [7, 11) is 0. The molecule has 0 radical (unpaired) electrons. The molecule has 0 amide bonds. The Kier molecular flexibility index (Phi) is 3.87. The first-order chi connectivity index (χ1) is 14.6. The lowest BCUT2D eigenvalue weighted by molar-refractivity contribution is -0.179. The van der Waals surface area contributed by atoms with Gasteiger partial charge < -0.3 is 4.74 Å². The summed E-state index contributed by atoms with van der Waals surface area (Å²) in [6, 6.07) is 19.6. The van der Waals surface area contributed by atoms with Crippen molar-refractivity contribution in [2.75, 3.05) is 0 Å². The van der Waals surface area contributed by atoms with Gasteiger partial charge in [-0.25, -0.2) is 4.79 Å². The summed E-state index contributed by atoms with van der Waals surface area (Å²) in [5.41, 5.74) is 1.43. The third-order valence-electron chi connectivity index (χ3n) is 7.99. The van der Waals surface area contributed by atoms with Crippen molar-refractivity contribution in [3.05, 3.63) is 77.9 Å². The molecule has 0 unspecified atom stereocenters. The molecule has 0 heterocycles. The molecular weight excluding hydrogens is 372 g/mol.